The zero-order valence-corrected chi connectivity index (χ0v) is 12.0. The first-order valence-electron chi connectivity index (χ1n) is 6.96. The molecule has 1 aromatic rings. The summed E-state index contributed by atoms with van der Waals surface area (Å²) >= 11 is 0. The normalized spacial score (nSPS) is 24.3. The van der Waals surface area contributed by atoms with Gasteiger partial charge in [-0.05, 0) is 26.0 Å². The second kappa shape index (κ2) is 5.09. The van der Waals surface area contributed by atoms with E-state index >= 15 is 0 Å². The summed E-state index contributed by atoms with van der Waals surface area (Å²) in [5.41, 5.74) is 7.01. The summed E-state index contributed by atoms with van der Waals surface area (Å²) in [5, 5.41) is 9.95. The number of aliphatic hydroxyl groups excluding tert-OH is 1. The first-order chi connectivity index (χ1) is 10.0. The summed E-state index contributed by atoms with van der Waals surface area (Å²) in [5.74, 6) is 0.553. The van der Waals surface area contributed by atoms with E-state index in [-0.39, 0.29) is 12.1 Å². The summed E-state index contributed by atoms with van der Waals surface area (Å²) in [6.07, 6.45) is -1.70. The molecule has 3 rings (SSSR count). The van der Waals surface area contributed by atoms with Crippen molar-refractivity contribution in [2.45, 2.75) is 32.4 Å². The average molecular weight is 293 g/mol. The predicted molar refractivity (Wildman–Crippen MR) is 77.4 cm³/mol. The molecule has 1 fully saturated rings. The van der Waals surface area contributed by atoms with Gasteiger partial charge in [-0.25, -0.2) is 4.79 Å². The topological polar surface area (TPSA) is 88.3 Å². The number of rotatable bonds is 3. The Hall–Kier alpha value is -1.99. The van der Waals surface area contributed by atoms with Gasteiger partial charge in [-0.1, -0.05) is 0 Å². The number of anilines is 2. The lowest BCUT2D eigenvalue weighted by Crippen LogP contribution is -2.39. The Bertz CT molecular complexity index is 563. The van der Waals surface area contributed by atoms with Crippen LogP contribution in [0.25, 0.3) is 0 Å². The van der Waals surface area contributed by atoms with Gasteiger partial charge >= 0.3 is 6.09 Å². The number of carbonyl (C=O) groups is 1. The third-order valence-electron chi connectivity index (χ3n) is 3.70. The van der Waals surface area contributed by atoms with Gasteiger partial charge in [0.2, 0.25) is 0 Å². The van der Waals surface area contributed by atoms with Gasteiger partial charge in [0.05, 0.1) is 17.9 Å². The lowest BCUT2D eigenvalue weighted by atomic mass is 10.2. The number of ether oxygens (including phenoxy) is 2. The molecule has 2 aliphatic rings. The SMILES string of the molecule is CC(C)N1c2ccc(N3C[C@H](CN)OC3=O)cc2OC1O. The lowest BCUT2D eigenvalue weighted by Gasteiger charge is -2.24. The lowest BCUT2D eigenvalue weighted by molar-refractivity contribution is -0.00646. The van der Waals surface area contributed by atoms with E-state index in [1.54, 1.807) is 11.0 Å². The zero-order valence-electron chi connectivity index (χ0n) is 12.0. The standard InChI is InChI=1S/C14H19N3O4/c1-8(2)17-11-4-3-9(5-12(11)21-14(17)19)16-7-10(6-15)20-13(16)18/h3-5,8,10,14,19H,6-7,15H2,1-2H3/t10-,14?/m0/s1. The van der Waals surface area contributed by atoms with E-state index in [9.17, 15) is 9.90 Å². The van der Waals surface area contributed by atoms with E-state index in [1.165, 1.54) is 4.90 Å². The third kappa shape index (κ3) is 2.28. The van der Waals surface area contributed by atoms with Gasteiger partial charge in [-0.3, -0.25) is 4.90 Å². The quantitative estimate of drug-likeness (QED) is 0.859. The maximum absolute atomic E-state index is 11.8. The number of nitrogens with zero attached hydrogens (tertiary/aromatic N) is 2. The van der Waals surface area contributed by atoms with Crippen LogP contribution >= 0.6 is 0 Å². The molecule has 114 valence electrons. The molecule has 0 spiro atoms. The third-order valence-corrected chi connectivity index (χ3v) is 3.70. The molecule has 21 heavy (non-hydrogen) atoms. The average Bonchev–Trinajstić information content (AvgIpc) is 2.96. The zero-order chi connectivity index (χ0) is 15.1. The Morgan fingerprint density at radius 1 is 1.43 bits per heavy atom. The van der Waals surface area contributed by atoms with Crippen LogP contribution in [0.2, 0.25) is 0 Å². The summed E-state index contributed by atoms with van der Waals surface area (Å²) in [4.78, 5) is 15.1. The van der Waals surface area contributed by atoms with Crippen LogP contribution in [0.4, 0.5) is 16.2 Å². The molecule has 0 aromatic heterocycles. The van der Waals surface area contributed by atoms with Crippen molar-refractivity contribution in [2.24, 2.45) is 5.73 Å². The van der Waals surface area contributed by atoms with E-state index < -0.39 is 12.5 Å². The fraction of sp³-hybridized carbons (Fsp3) is 0.500. The van der Waals surface area contributed by atoms with E-state index in [2.05, 4.69) is 0 Å². The highest BCUT2D eigenvalue weighted by molar-refractivity contribution is 5.90. The van der Waals surface area contributed by atoms with Gasteiger partial charge in [0.1, 0.15) is 6.10 Å². The van der Waals surface area contributed by atoms with Gasteiger partial charge in [0.15, 0.2) is 5.75 Å². The minimum absolute atomic E-state index is 0.102. The van der Waals surface area contributed by atoms with E-state index in [1.807, 2.05) is 26.0 Å². The molecule has 2 aliphatic heterocycles. The van der Waals surface area contributed by atoms with Crippen LogP contribution < -0.4 is 20.3 Å². The maximum atomic E-state index is 11.8. The molecule has 2 atom stereocenters. The van der Waals surface area contributed by atoms with Crippen molar-refractivity contribution in [3.8, 4) is 5.75 Å². The van der Waals surface area contributed by atoms with Crippen molar-refractivity contribution in [1.29, 1.82) is 0 Å². The highest BCUT2D eigenvalue weighted by atomic mass is 16.6. The molecule has 1 amide bonds. The Labute approximate surface area is 122 Å². The Morgan fingerprint density at radius 2 is 2.19 bits per heavy atom. The number of benzene rings is 1. The molecular weight excluding hydrogens is 274 g/mol. The van der Waals surface area contributed by atoms with Crippen LogP contribution in [0.5, 0.6) is 5.75 Å². The number of hydrogen-bond donors (Lipinski definition) is 2. The molecule has 0 aliphatic carbocycles. The fourth-order valence-electron chi connectivity index (χ4n) is 2.66. The maximum Gasteiger partial charge on any atom is 0.414 e. The molecule has 1 unspecified atom stereocenters. The molecule has 0 saturated carbocycles. The molecule has 7 heteroatoms. The second-order valence-electron chi connectivity index (χ2n) is 5.45. The van der Waals surface area contributed by atoms with Crippen LogP contribution in [0.1, 0.15) is 13.8 Å². The van der Waals surface area contributed by atoms with Crippen LogP contribution in [0.3, 0.4) is 0 Å². The number of fused-ring (bicyclic) bond motifs is 1. The van der Waals surface area contributed by atoms with Crippen molar-refractivity contribution < 1.29 is 19.4 Å². The predicted octanol–water partition coefficient (Wildman–Crippen LogP) is 0.854. The Balaban J connectivity index is 1.88. The molecule has 0 bridgehead atoms. The Morgan fingerprint density at radius 3 is 2.81 bits per heavy atom. The summed E-state index contributed by atoms with van der Waals surface area (Å²) in [7, 11) is 0. The number of aliphatic hydroxyl groups is 1. The summed E-state index contributed by atoms with van der Waals surface area (Å²) in [6.45, 7) is 4.66. The van der Waals surface area contributed by atoms with Gasteiger partial charge in [0, 0.05) is 18.7 Å². The fourth-order valence-corrected chi connectivity index (χ4v) is 2.66. The Kier molecular flexibility index (Phi) is 3.38. The smallest absolute Gasteiger partial charge is 0.414 e. The van der Waals surface area contributed by atoms with Crippen molar-refractivity contribution in [2.75, 3.05) is 22.9 Å². The van der Waals surface area contributed by atoms with Crippen LogP contribution in [-0.4, -0.2) is 42.8 Å². The molecule has 2 heterocycles. The van der Waals surface area contributed by atoms with Crippen LogP contribution in [0.15, 0.2) is 18.2 Å². The van der Waals surface area contributed by atoms with Gasteiger partial charge in [0.25, 0.3) is 6.41 Å². The van der Waals surface area contributed by atoms with Crippen molar-refractivity contribution in [1.82, 2.24) is 0 Å². The van der Waals surface area contributed by atoms with Crippen molar-refractivity contribution in [3.05, 3.63) is 18.2 Å². The first kappa shape index (κ1) is 14.0. The van der Waals surface area contributed by atoms with Crippen molar-refractivity contribution in [3.63, 3.8) is 0 Å². The largest absolute Gasteiger partial charge is 0.444 e. The molecule has 1 saturated heterocycles. The number of amides is 1. The van der Waals surface area contributed by atoms with E-state index in [0.29, 0.717) is 24.5 Å². The molecule has 3 N–H and O–H groups in total. The summed E-state index contributed by atoms with van der Waals surface area (Å²) in [6, 6.07) is 5.49. The molecular formula is C14H19N3O4. The first-order valence-corrected chi connectivity index (χ1v) is 6.96. The monoisotopic (exact) mass is 293 g/mol. The number of carbonyl (C=O) groups excluding carboxylic acids is 1. The van der Waals surface area contributed by atoms with Crippen LogP contribution in [0, 0.1) is 0 Å². The van der Waals surface area contributed by atoms with Gasteiger partial charge in [-0.2, -0.15) is 0 Å². The van der Waals surface area contributed by atoms with Crippen molar-refractivity contribution >= 4 is 17.5 Å². The summed E-state index contributed by atoms with van der Waals surface area (Å²) < 4.78 is 10.6. The molecule has 0 radical (unpaired) electrons. The number of nitrogens with two attached hydrogens (primary N) is 1. The second-order valence-corrected chi connectivity index (χ2v) is 5.45. The number of cyclic esters (lactones) is 1. The van der Waals surface area contributed by atoms with E-state index in [0.717, 1.165) is 5.69 Å². The molecule has 1 aromatic carbocycles. The highest BCUT2D eigenvalue weighted by Crippen LogP contribution is 2.40. The number of hydrogen-bond acceptors (Lipinski definition) is 6. The minimum atomic E-state index is -1.00. The minimum Gasteiger partial charge on any atom is -0.444 e. The van der Waals surface area contributed by atoms with Gasteiger partial charge in [-0.15, -0.1) is 0 Å². The van der Waals surface area contributed by atoms with E-state index in [4.69, 9.17) is 15.2 Å². The van der Waals surface area contributed by atoms with Crippen LogP contribution in [-0.2, 0) is 4.74 Å². The highest BCUT2D eigenvalue weighted by Gasteiger charge is 2.35. The van der Waals surface area contributed by atoms with Gasteiger partial charge < -0.3 is 25.2 Å². The molecule has 7 nitrogen and oxygen atoms in total.